The molecule has 10 heteroatoms. The van der Waals surface area contributed by atoms with E-state index in [1.54, 1.807) is 24.3 Å². The maximum atomic E-state index is 13.3. The van der Waals surface area contributed by atoms with E-state index >= 15 is 0 Å². The molecule has 160 valence electrons. The van der Waals surface area contributed by atoms with Crippen LogP contribution in [-0.2, 0) is 15.7 Å². The van der Waals surface area contributed by atoms with Gasteiger partial charge in [0, 0.05) is 42.0 Å². The number of rotatable bonds is 5. The topological polar surface area (TPSA) is 89.0 Å². The first-order chi connectivity index (χ1) is 14.9. The molecule has 4 rings (SSSR count). The number of carbonyl (C=O) groups is 1. The van der Waals surface area contributed by atoms with E-state index in [-0.39, 0.29) is 17.5 Å². The van der Waals surface area contributed by atoms with Crippen LogP contribution in [0, 0.1) is 0 Å². The number of hydrogen-bond acceptors (Lipinski definition) is 6. The van der Waals surface area contributed by atoms with Gasteiger partial charge >= 0.3 is 6.18 Å². The molecule has 0 saturated carbocycles. The quantitative estimate of drug-likeness (QED) is 0.624. The predicted octanol–water partition coefficient (Wildman–Crippen LogP) is 4.42. The largest absolute Gasteiger partial charge is 0.433 e. The average Bonchev–Trinajstić information content (AvgIpc) is 3.30. The second-order valence-corrected chi connectivity index (χ2v) is 6.89. The number of benzene rings is 1. The molecule has 1 atom stereocenters. The smallest absolute Gasteiger partial charge is 0.368 e. The lowest BCUT2D eigenvalue weighted by Crippen LogP contribution is -2.26. The number of aromatic nitrogens is 3. The highest BCUT2D eigenvalue weighted by atomic mass is 19.4. The molecule has 2 aromatic heterocycles. The molecule has 1 fully saturated rings. The molecule has 3 aromatic rings. The summed E-state index contributed by atoms with van der Waals surface area (Å²) in [5.74, 6) is -0.295. The second kappa shape index (κ2) is 8.68. The van der Waals surface area contributed by atoms with Crippen LogP contribution in [0.4, 0.5) is 30.4 Å². The monoisotopic (exact) mass is 429 g/mol. The minimum atomic E-state index is -4.63. The van der Waals surface area contributed by atoms with Crippen LogP contribution in [0.3, 0.4) is 0 Å². The SMILES string of the molecule is O=C(Nc1ccc(Nc2cc(C(F)(F)F)nc(-c3ccncc3)n2)cc1)C1CCCO1. The number of alkyl halides is 3. The molecule has 1 aliphatic heterocycles. The number of ether oxygens (including phenoxy) is 1. The maximum Gasteiger partial charge on any atom is 0.433 e. The molecule has 2 N–H and O–H groups in total. The maximum absolute atomic E-state index is 13.3. The standard InChI is InChI=1S/C21H18F3N5O2/c22-21(23,24)17-12-18(29-19(28-17)13-7-9-25-10-8-13)26-14-3-5-15(6-4-14)27-20(30)16-2-1-11-31-16/h3-10,12,16H,1-2,11H2,(H,27,30)(H,26,28,29). The molecule has 0 radical (unpaired) electrons. The third-order valence-corrected chi connectivity index (χ3v) is 4.60. The zero-order valence-electron chi connectivity index (χ0n) is 16.2. The summed E-state index contributed by atoms with van der Waals surface area (Å²) in [6, 6.07) is 10.5. The number of pyridine rings is 1. The van der Waals surface area contributed by atoms with E-state index in [1.165, 1.54) is 24.5 Å². The third-order valence-electron chi connectivity index (χ3n) is 4.60. The summed E-state index contributed by atoms with van der Waals surface area (Å²) in [6.45, 7) is 0.571. The third kappa shape index (κ3) is 5.15. The van der Waals surface area contributed by atoms with Crippen LogP contribution in [0.5, 0.6) is 0 Å². The number of carbonyl (C=O) groups excluding carboxylic acids is 1. The van der Waals surface area contributed by atoms with Gasteiger partial charge < -0.3 is 15.4 Å². The summed E-state index contributed by atoms with van der Waals surface area (Å²) >= 11 is 0. The average molecular weight is 429 g/mol. The van der Waals surface area contributed by atoms with E-state index in [9.17, 15) is 18.0 Å². The Morgan fingerprint density at radius 3 is 2.39 bits per heavy atom. The van der Waals surface area contributed by atoms with Crippen LogP contribution in [0.15, 0.2) is 54.9 Å². The molecule has 31 heavy (non-hydrogen) atoms. The molecule has 1 aromatic carbocycles. The van der Waals surface area contributed by atoms with E-state index in [0.717, 1.165) is 12.5 Å². The lowest BCUT2D eigenvalue weighted by molar-refractivity contribution is -0.141. The van der Waals surface area contributed by atoms with Gasteiger partial charge in [0.2, 0.25) is 0 Å². The summed E-state index contributed by atoms with van der Waals surface area (Å²) in [7, 11) is 0. The number of halogens is 3. The van der Waals surface area contributed by atoms with Crippen molar-refractivity contribution in [1.29, 1.82) is 0 Å². The summed E-state index contributed by atoms with van der Waals surface area (Å²) in [5.41, 5.74) is 0.415. The van der Waals surface area contributed by atoms with Crippen LogP contribution >= 0.6 is 0 Å². The molecule has 1 saturated heterocycles. The molecule has 7 nitrogen and oxygen atoms in total. The molecular formula is C21H18F3N5O2. The Labute approximate surface area is 175 Å². The van der Waals surface area contributed by atoms with Crippen molar-refractivity contribution in [3.8, 4) is 11.4 Å². The van der Waals surface area contributed by atoms with Crippen molar-refractivity contribution in [2.75, 3.05) is 17.2 Å². The Morgan fingerprint density at radius 2 is 1.74 bits per heavy atom. The number of nitrogens with zero attached hydrogens (tertiary/aromatic N) is 3. The van der Waals surface area contributed by atoms with Gasteiger partial charge in [-0.15, -0.1) is 0 Å². The van der Waals surface area contributed by atoms with Crippen molar-refractivity contribution in [2.24, 2.45) is 0 Å². The van der Waals surface area contributed by atoms with Gasteiger partial charge in [0.15, 0.2) is 11.5 Å². The number of nitrogens with one attached hydrogen (secondary N) is 2. The molecular weight excluding hydrogens is 411 g/mol. The minimum Gasteiger partial charge on any atom is -0.368 e. The molecule has 0 aliphatic carbocycles. The first-order valence-electron chi connectivity index (χ1n) is 9.55. The van der Waals surface area contributed by atoms with Crippen molar-refractivity contribution in [1.82, 2.24) is 15.0 Å². The zero-order valence-corrected chi connectivity index (χ0v) is 16.2. The lowest BCUT2D eigenvalue weighted by Gasteiger charge is -2.13. The van der Waals surface area contributed by atoms with Gasteiger partial charge in [0.1, 0.15) is 11.9 Å². The van der Waals surface area contributed by atoms with E-state index in [2.05, 4.69) is 25.6 Å². The van der Waals surface area contributed by atoms with Crippen molar-refractivity contribution in [2.45, 2.75) is 25.1 Å². The summed E-state index contributed by atoms with van der Waals surface area (Å²) in [6.07, 6.45) is -0.642. The van der Waals surface area contributed by atoms with Gasteiger partial charge in [0.25, 0.3) is 5.91 Å². The highest BCUT2D eigenvalue weighted by Gasteiger charge is 2.34. The molecule has 0 bridgehead atoms. The van der Waals surface area contributed by atoms with Crippen molar-refractivity contribution in [3.05, 3.63) is 60.6 Å². The number of hydrogen-bond donors (Lipinski definition) is 2. The van der Waals surface area contributed by atoms with E-state index in [1.807, 2.05) is 0 Å². The van der Waals surface area contributed by atoms with E-state index in [0.29, 0.717) is 30.0 Å². The summed E-state index contributed by atoms with van der Waals surface area (Å²) < 4.78 is 45.3. The van der Waals surface area contributed by atoms with Crippen molar-refractivity contribution < 1.29 is 22.7 Å². The van der Waals surface area contributed by atoms with Gasteiger partial charge in [0.05, 0.1) is 0 Å². The highest BCUT2D eigenvalue weighted by molar-refractivity contribution is 5.94. The fraction of sp³-hybridized carbons (Fsp3) is 0.238. The Bertz CT molecular complexity index is 1050. The van der Waals surface area contributed by atoms with Crippen molar-refractivity contribution >= 4 is 23.1 Å². The van der Waals surface area contributed by atoms with E-state index < -0.39 is 18.0 Å². The fourth-order valence-corrected chi connectivity index (χ4v) is 3.08. The van der Waals surface area contributed by atoms with Crippen molar-refractivity contribution in [3.63, 3.8) is 0 Å². The van der Waals surface area contributed by atoms with Crippen LogP contribution < -0.4 is 10.6 Å². The van der Waals surface area contributed by atoms with Crippen LogP contribution in [0.25, 0.3) is 11.4 Å². The zero-order chi connectivity index (χ0) is 21.8. The highest BCUT2D eigenvalue weighted by Crippen LogP contribution is 2.31. The first-order valence-corrected chi connectivity index (χ1v) is 9.55. The van der Waals surface area contributed by atoms with Crippen LogP contribution in [-0.4, -0.2) is 33.6 Å². The van der Waals surface area contributed by atoms with Gasteiger partial charge in [-0.25, -0.2) is 9.97 Å². The molecule has 1 unspecified atom stereocenters. The molecule has 1 amide bonds. The predicted molar refractivity (Wildman–Crippen MR) is 108 cm³/mol. The Balaban J connectivity index is 1.53. The van der Waals surface area contributed by atoms with Crippen LogP contribution in [0.1, 0.15) is 18.5 Å². The first kappa shape index (κ1) is 20.7. The number of anilines is 3. The summed E-state index contributed by atoms with van der Waals surface area (Å²) in [4.78, 5) is 23.8. The number of amides is 1. The molecule has 0 spiro atoms. The Morgan fingerprint density at radius 1 is 1.03 bits per heavy atom. The van der Waals surface area contributed by atoms with Gasteiger partial charge in [-0.3, -0.25) is 9.78 Å². The van der Waals surface area contributed by atoms with Gasteiger partial charge in [-0.1, -0.05) is 0 Å². The summed E-state index contributed by atoms with van der Waals surface area (Å²) in [5, 5.41) is 5.62. The van der Waals surface area contributed by atoms with Gasteiger partial charge in [-0.05, 0) is 49.2 Å². The lowest BCUT2D eigenvalue weighted by atomic mass is 10.2. The molecule has 1 aliphatic rings. The Kier molecular flexibility index (Phi) is 5.81. The fourth-order valence-electron chi connectivity index (χ4n) is 3.08. The normalized spacial score (nSPS) is 16.2. The molecule has 3 heterocycles. The van der Waals surface area contributed by atoms with Crippen LogP contribution in [0.2, 0.25) is 0 Å². The minimum absolute atomic E-state index is 0.00900. The second-order valence-electron chi connectivity index (χ2n) is 6.89. The van der Waals surface area contributed by atoms with Gasteiger partial charge in [-0.2, -0.15) is 13.2 Å². The Hall–Kier alpha value is -3.53. The van der Waals surface area contributed by atoms with E-state index in [4.69, 9.17) is 4.74 Å².